The third kappa shape index (κ3) is 2.38. The molecule has 1 N–H and O–H groups in total. The molecule has 0 spiro atoms. The summed E-state index contributed by atoms with van der Waals surface area (Å²) in [4.78, 5) is 8.58. The van der Waals surface area contributed by atoms with Crippen molar-refractivity contribution in [3.63, 3.8) is 0 Å². The van der Waals surface area contributed by atoms with Gasteiger partial charge in [0, 0.05) is 11.8 Å². The normalized spacial score (nSPS) is 10.7. The molecule has 0 atom stereocenters. The van der Waals surface area contributed by atoms with Gasteiger partial charge in [-0.2, -0.15) is 4.98 Å². The summed E-state index contributed by atoms with van der Waals surface area (Å²) in [6.07, 6.45) is 1.69. The molecule has 0 saturated heterocycles. The van der Waals surface area contributed by atoms with E-state index in [2.05, 4.69) is 37.7 Å². The summed E-state index contributed by atoms with van der Waals surface area (Å²) in [5, 5.41) is 13.7. The first-order chi connectivity index (χ1) is 9.65. The fourth-order valence-corrected chi connectivity index (χ4v) is 2.14. The molecule has 6 heteroatoms. The zero-order valence-electron chi connectivity index (χ0n) is 10.5. The van der Waals surface area contributed by atoms with Crippen LogP contribution in [0.15, 0.2) is 41.1 Å². The number of aryl methyl sites for hydroxylation is 1. The Labute approximate surface area is 128 Å². The van der Waals surface area contributed by atoms with Gasteiger partial charge in [-0.05, 0) is 59.3 Å². The molecule has 5 nitrogen and oxygen atoms in total. The third-order valence-corrected chi connectivity index (χ3v) is 3.75. The van der Waals surface area contributed by atoms with Gasteiger partial charge in [-0.3, -0.25) is 4.98 Å². The Morgan fingerprint density at radius 2 is 2.10 bits per heavy atom. The van der Waals surface area contributed by atoms with E-state index in [1.807, 2.05) is 25.1 Å². The minimum Gasteiger partial charge on any atom is -0.507 e. The Bertz CT molecular complexity index is 771. The van der Waals surface area contributed by atoms with E-state index in [0.29, 0.717) is 23.0 Å². The Morgan fingerprint density at radius 3 is 2.85 bits per heavy atom. The first-order valence-corrected chi connectivity index (χ1v) is 6.97. The summed E-state index contributed by atoms with van der Waals surface area (Å²) < 4.78 is 6.01. The Morgan fingerprint density at radius 1 is 1.25 bits per heavy atom. The highest BCUT2D eigenvalue weighted by Crippen LogP contribution is 2.28. The molecule has 1 aromatic carbocycles. The van der Waals surface area contributed by atoms with Gasteiger partial charge in [0.25, 0.3) is 5.89 Å². The van der Waals surface area contributed by atoms with Gasteiger partial charge in [0.05, 0.1) is 3.57 Å². The molecule has 0 aliphatic rings. The molecule has 0 amide bonds. The van der Waals surface area contributed by atoms with Crippen LogP contribution in [0.4, 0.5) is 0 Å². The van der Waals surface area contributed by atoms with E-state index < -0.39 is 0 Å². The second-order valence-corrected chi connectivity index (χ2v) is 5.42. The molecule has 0 saturated carbocycles. The van der Waals surface area contributed by atoms with Crippen LogP contribution in [0.5, 0.6) is 5.75 Å². The van der Waals surface area contributed by atoms with Gasteiger partial charge in [0.1, 0.15) is 11.4 Å². The maximum absolute atomic E-state index is 9.72. The van der Waals surface area contributed by atoms with Crippen molar-refractivity contribution in [2.45, 2.75) is 6.92 Å². The molecule has 0 unspecified atom stereocenters. The molecule has 0 bridgehead atoms. The number of aromatic nitrogens is 3. The van der Waals surface area contributed by atoms with Crippen LogP contribution < -0.4 is 0 Å². The zero-order valence-corrected chi connectivity index (χ0v) is 12.7. The molecular formula is C14H10IN3O2. The summed E-state index contributed by atoms with van der Waals surface area (Å²) >= 11 is 2.05. The number of phenolic OH excluding ortho intramolecular Hbond substituents is 1. The molecule has 2 aromatic heterocycles. The highest BCUT2D eigenvalue weighted by Gasteiger charge is 2.14. The lowest BCUT2D eigenvalue weighted by Gasteiger charge is -1.98. The van der Waals surface area contributed by atoms with Gasteiger partial charge < -0.3 is 9.63 Å². The van der Waals surface area contributed by atoms with E-state index in [1.165, 1.54) is 0 Å². The van der Waals surface area contributed by atoms with Crippen molar-refractivity contribution in [3.8, 4) is 28.7 Å². The lowest BCUT2D eigenvalue weighted by molar-refractivity contribution is 0.431. The smallest absolute Gasteiger partial charge is 0.258 e. The molecule has 0 aliphatic carbocycles. The number of benzene rings is 1. The zero-order chi connectivity index (χ0) is 14.1. The summed E-state index contributed by atoms with van der Waals surface area (Å²) in [7, 11) is 0. The van der Waals surface area contributed by atoms with E-state index in [1.54, 1.807) is 18.3 Å². The lowest BCUT2D eigenvalue weighted by Crippen LogP contribution is -1.89. The van der Waals surface area contributed by atoms with Gasteiger partial charge in [-0.1, -0.05) is 11.2 Å². The largest absolute Gasteiger partial charge is 0.507 e. The van der Waals surface area contributed by atoms with Gasteiger partial charge in [0.2, 0.25) is 5.82 Å². The van der Waals surface area contributed by atoms with Crippen LogP contribution >= 0.6 is 22.6 Å². The van der Waals surface area contributed by atoms with Crippen molar-refractivity contribution in [1.29, 1.82) is 0 Å². The minimum absolute atomic E-state index is 0.192. The topological polar surface area (TPSA) is 72.0 Å². The average molecular weight is 379 g/mol. The van der Waals surface area contributed by atoms with Gasteiger partial charge in [-0.25, -0.2) is 0 Å². The first-order valence-electron chi connectivity index (χ1n) is 5.90. The second kappa shape index (κ2) is 5.20. The van der Waals surface area contributed by atoms with Crippen LogP contribution in [0, 0.1) is 10.5 Å². The first kappa shape index (κ1) is 13.0. The molecule has 100 valence electrons. The number of rotatable bonds is 2. The van der Waals surface area contributed by atoms with Crippen LogP contribution in [0.1, 0.15) is 5.56 Å². The number of halogens is 1. The quantitative estimate of drug-likeness (QED) is 0.691. The predicted octanol–water partition coefficient (Wildman–Crippen LogP) is 3.42. The van der Waals surface area contributed by atoms with Crippen molar-refractivity contribution in [3.05, 3.63) is 45.7 Å². The van der Waals surface area contributed by atoms with E-state index >= 15 is 0 Å². The monoisotopic (exact) mass is 379 g/mol. The number of nitrogens with zero attached hydrogens (tertiary/aromatic N) is 3. The number of pyridine rings is 1. The lowest BCUT2D eigenvalue weighted by atomic mass is 10.2. The molecule has 2 heterocycles. The van der Waals surface area contributed by atoms with Crippen LogP contribution in [0.2, 0.25) is 0 Å². The number of aromatic hydroxyl groups is 1. The Balaban J connectivity index is 2.02. The molecule has 20 heavy (non-hydrogen) atoms. The summed E-state index contributed by atoms with van der Waals surface area (Å²) in [5.74, 6) is 0.991. The molecule has 0 fully saturated rings. The summed E-state index contributed by atoms with van der Waals surface area (Å²) in [6, 6.07) is 9.02. The van der Waals surface area contributed by atoms with E-state index in [-0.39, 0.29) is 5.75 Å². The van der Waals surface area contributed by atoms with Gasteiger partial charge in [0.15, 0.2) is 0 Å². The van der Waals surface area contributed by atoms with Crippen molar-refractivity contribution in [1.82, 2.24) is 15.1 Å². The fourth-order valence-electron chi connectivity index (χ4n) is 1.80. The average Bonchev–Trinajstić information content (AvgIpc) is 2.92. The summed E-state index contributed by atoms with van der Waals surface area (Å²) in [6.45, 7) is 1.94. The number of hydrogen-bond donors (Lipinski definition) is 1. The maximum Gasteiger partial charge on any atom is 0.258 e. The highest BCUT2D eigenvalue weighted by molar-refractivity contribution is 14.1. The van der Waals surface area contributed by atoms with Crippen LogP contribution in [0.3, 0.4) is 0 Å². The standard InChI is InChI=1S/C14H10IN3O2/c1-8-3-2-6-16-12(8)13-17-14(20-18-13)9-4-5-10(15)11(19)7-9/h2-7,19H,1H3. The van der Waals surface area contributed by atoms with Crippen molar-refractivity contribution in [2.75, 3.05) is 0 Å². The van der Waals surface area contributed by atoms with E-state index in [0.717, 1.165) is 9.13 Å². The van der Waals surface area contributed by atoms with Crippen LogP contribution in [-0.4, -0.2) is 20.2 Å². The molecule has 3 aromatic rings. The molecule has 0 radical (unpaired) electrons. The molecular weight excluding hydrogens is 369 g/mol. The third-order valence-electron chi connectivity index (χ3n) is 2.84. The van der Waals surface area contributed by atoms with Gasteiger partial charge in [-0.15, -0.1) is 0 Å². The van der Waals surface area contributed by atoms with E-state index in [4.69, 9.17) is 4.52 Å². The van der Waals surface area contributed by atoms with Crippen molar-refractivity contribution in [2.24, 2.45) is 0 Å². The van der Waals surface area contributed by atoms with E-state index in [9.17, 15) is 5.11 Å². The van der Waals surface area contributed by atoms with Crippen LogP contribution in [-0.2, 0) is 0 Å². The number of hydrogen-bond acceptors (Lipinski definition) is 5. The number of phenols is 1. The van der Waals surface area contributed by atoms with Crippen LogP contribution in [0.25, 0.3) is 23.0 Å². The predicted molar refractivity (Wildman–Crippen MR) is 82.1 cm³/mol. The van der Waals surface area contributed by atoms with Crippen molar-refractivity contribution >= 4 is 22.6 Å². The maximum atomic E-state index is 9.72. The SMILES string of the molecule is Cc1cccnc1-c1noc(-c2ccc(I)c(O)c2)n1. The van der Waals surface area contributed by atoms with Crippen molar-refractivity contribution < 1.29 is 9.63 Å². The molecule has 0 aliphatic heterocycles. The molecule has 3 rings (SSSR count). The Hall–Kier alpha value is -1.96. The Kier molecular flexibility index (Phi) is 3.39. The minimum atomic E-state index is 0.192. The fraction of sp³-hybridized carbons (Fsp3) is 0.0714. The second-order valence-electron chi connectivity index (χ2n) is 4.26. The summed E-state index contributed by atoms with van der Waals surface area (Å²) in [5.41, 5.74) is 2.35. The van der Waals surface area contributed by atoms with Gasteiger partial charge >= 0.3 is 0 Å². The highest BCUT2D eigenvalue weighted by atomic mass is 127.